The topological polar surface area (TPSA) is 23.6 Å². The molecule has 1 aromatic carbocycles. The smallest absolute Gasteiger partial charge is 0.254 e. The van der Waals surface area contributed by atoms with Gasteiger partial charge < -0.3 is 9.80 Å². The first-order valence-electron chi connectivity index (χ1n) is 7.98. The van der Waals surface area contributed by atoms with Crippen molar-refractivity contribution < 1.29 is 4.79 Å². The second-order valence-electron chi connectivity index (χ2n) is 6.13. The van der Waals surface area contributed by atoms with Crippen LogP contribution in [0.3, 0.4) is 0 Å². The molecule has 3 aliphatic heterocycles. The molecule has 1 amide bonds. The molecule has 0 N–H and O–H groups in total. The van der Waals surface area contributed by atoms with Crippen molar-refractivity contribution in [3.8, 4) is 10.4 Å². The van der Waals surface area contributed by atoms with Gasteiger partial charge in [-0.25, -0.2) is 0 Å². The minimum atomic E-state index is 0.201. The van der Waals surface area contributed by atoms with E-state index in [0.717, 1.165) is 50.1 Å². The molecule has 0 atom stereocenters. The van der Waals surface area contributed by atoms with Crippen LogP contribution in [0.5, 0.6) is 0 Å². The number of amides is 1. The van der Waals surface area contributed by atoms with Crippen LogP contribution in [0.2, 0.25) is 0 Å². The summed E-state index contributed by atoms with van der Waals surface area (Å²) in [5.41, 5.74) is 1.97. The van der Waals surface area contributed by atoms with Gasteiger partial charge in [0.1, 0.15) is 0 Å². The van der Waals surface area contributed by atoms with Crippen molar-refractivity contribution in [2.45, 2.75) is 18.9 Å². The van der Waals surface area contributed by atoms with E-state index in [9.17, 15) is 4.79 Å². The van der Waals surface area contributed by atoms with E-state index < -0.39 is 0 Å². The lowest BCUT2D eigenvalue weighted by molar-refractivity contribution is 0.0685. The average molecular weight is 312 g/mol. The third-order valence-corrected chi connectivity index (χ3v) is 5.75. The minimum absolute atomic E-state index is 0.201. The Labute approximate surface area is 135 Å². The lowest BCUT2D eigenvalue weighted by Gasteiger charge is -2.31. The first-order chi connectivity index (χ1) is 10.8. The van der Waals surface area contributed by atoms with Gasteiger partial charge >= 0.3 is 0 Å². The fraction of sp³-hybridized carbons (Fsp3) is 0.389. The highest BCUT2D eigenvalue weighted by molar-refractivity contribution is 7.13. The fourth-order valence-corrected chi connectivity index (χ4v) is 4.29. The normalized spacial score (nSPS) is 24.3. The lowest BCUT2D eigenvalue weighted by Crippen LogP contribution is -2.41. The first-order valence-corrected chi connectivity index (χ1v) is 8.86. The van der Waals surface area contributed by atoms with Gasteiger partial charge in [-0.05, 0) is 42.0 Å². The molecule has 0 spiro atoms. The van der Waals surface area contributed by atoms with Gasteiger partial charge in [-0.1, -0.05) is 18.2 Å². The van der Waals surface area contributed by atoms with Crippen LogP contribution in [0, 0.1) is 0 Å². The Morgan fingerprint density at radius 3 is 2.68 bits per heavy atom. The summed E-state index contributed by atoms with van der Waals surface area (Å²) in [5, 5.41) is 2.08. The molecule has 22 heavy (non-hydrogen) atoms. The molecule has 114 valence electrons. The summed E-state index contributed by atoms with van der Waals surface area (Å²) in [6.45, 7) is 4.17. The molecule has 5 rings (SSSR count). The van der Waals surface area contributed by atoms with E-state index in [4.69, 9.17) is 0 Å². The molecule has 3 nitrogen and oxygen atoms in total. The van der Waals surface area contributed by atoms with Crippen molar-refractivity contribution in [2.75, 3.05) is 26.2 Å². The zero-order valence-corrected chi connectivity index (χ0v) is 13.4. The molecule has 3 saturated heterocycles. The van der Waals surface area contributed by atoms with Crippen LogP contribution in [-0.2, 0) is 0 Å². The minimum Gasteiger partial charge on any atom is -0.334 e. The van der Waals surface area contributed by atoms with Gasteiger partial charge in [0.05, 0.1) is 0 Å². The van der Waals surface area contributed by atoms with Crippen LogP contribution in [-0.4, -0.2) is 47.9 Å². The molecule has 3 fully saturated rings. The zero-order chi connectivity index (χ0) is 14.9. The monoisotopic (exact) mass is 312 g/mol. The van der Waals surface area contributed by atoms with Crippen LogP contribution in [0.15, 0.2) is 41.8 Å². The zero-order valence-electron chi connectivity index (χ0n) is 12.6. The highest BCUT2D eigenvalue weighted by Gasteiger charge is 2.32. The maximum Gasteiger partial charge on any atom is 0.254 e. The summed E-state index contributed by atoms with van der Waals surface area (Å²) in [4.78, 5) is 18.8. The molecule has 0 aliphatic carbocycles. The Bertz CT molecular complexity index is 659. The quantitative estimate of drug-likeness (QED) is 0.849. The number of piperidine rings is 1. The third-order valence-electron chi connectivity index (χ3n) is 4.83. The number of benzene rings is 1. The Morgan fingerprint density at radius 2 is 1.91 bits per heavy atom. The van der Waals surface area contributed by atoms with E-state index in [1.165, 1.54) is 4.88 Å². The van der Waals surface area contributed by atoms with Crippen LogP contribution >= 0.6 is 11.3 Å². The largest absolute Gasteiger partial charge is 0.334 e. The van der Waals surface area contributed by atoms with Crippen LogP contribution in [0.25, 0.3) is 10.4 Å². The summed E-state index contributed by atoms with van der Waals surface area (Å²) in [7, 11) is 0. The molecule has 0 radical (unpaired) electrons. The van der Waals surface area contributed by atoms with E-state index in [1.54, 1.807) is 11.3 Å². The second-order valence-corrected chi connectivity index (χ2v) is 7.08. The van der Waals surface area contributed by atoms with Gasteiger partial charge in [0, 0.05) is 42.7 Å². The molecular weight excluding hydrogens is 292 g/mol. The fourth-order valence-electron chi connectivity index (χ4n) is 3.57. The van der Waals surface area contributed by atoms with Crippen LogP contribution < -0.4 is 0 Å². The average Bonchev–Trinajstić information content (AvgIpc) is 2.95. The molecule has 4 heteroatoms. The highest BCUT2D eigenvalue weighted by atomic mass is 32.1. The molecule has 3 aliphatic rings. The summed E-state index contributed by atoms with van der Waals surface area (Å²) in [6, 6.07) is 12.7. The van der Waals surface area contributed by atoms with Gasteiger partial charge in [-0.3, -0.25) is 4.79 Å². The molecule has 0 unspecified atom stereocenters. The molecule has 4 heterocycles. The lowest BCUT2D eigenvalue weighted by atomic mass is 10.0. The van der Waals surface area contributed by atoms with E-state index in [2.05, 4.69) is 33.4 Å². The number of hydrogen-bond acceptors (Lipinski definition) is 3. The standard InChI is InChI=1S/C18H20N2OS/c21-18(20-11-10-19-8-6-16(20)7-9-19)15-4-1-3-14(13-15)17-5-2-12-22-17/h1-5,12-13,16H,6-11H2. The highest BCUT2D eigenvalue weighted by Crippen LogP contribution is 2.27. The van der Waals surface area contributed by atoms with Gasteiger partial charge in [0.15, 0.2) is 0 Å². The first kappa shape index (κ1) is 14.0. The third kappa shape index (κ3) is 2.57. The summed E-state index contributed by atoms with van der Waals surface area (Å²) >= 11 is 1.72. The molecule has 1 aromatic heterocycles. The number of carbonyl (C=O) groups is 1. The molecular formula is C18H20N2OS. The number of hydrogen-bond donors (Lipinski definition) is 0. The molecule has 2 bridgehead atoms. The number of fused-ring (bicyclic) bond motifs is 4. The van der Waals surface area contributed by atoms with Crippen molar-refractivity contribution in [1.82, 2.24) is 9.80 Å². The Kier molecular flexibility index (Phi) is 3.72. The number of thiophene rings is 1. The Hall–Kier alpha value is -1.65. The van der Waals surface area contributed by atoms with Gasteiger partial charge in [0.2, 0.25) is 0 Å². The van der Waals surface area contributed by atoms with Gasteiger partial charge in [-0.15, -0.1) is 11.3 Å². The molecule has 0 saturated carbocycles. The number of rotatable bonds is 2. The van der Waals surface area contributed by atoms with E-state index in [-0.39, 0.29) is 5.91 Å². The van der Waals surface area contributed by atoms with Crippen LogP contribution in [0.1, 0.15) is 23.2 Å². The van der Waals surface area contributed by atoms with Gasteiger partial charge in [-0.2, -0.15) is 0 Å². The van der Waals surface area contributed by atoms with Gasteiger partial charge in [0.25, 0.3) is 5.91 Å². The van der Waals surface area contributed by atoms with Crippen molar-refractivity contribution in [1.29, 1.82) is 0 Å². The van der Waals surface area contributed by atoms with Crippen molar-refractivity contribution >= 4 is 17.2 Å². The second kappa shape index (κ2) is 5.86. The summed E-state index contributed by atoms with van der Waals surface area (Å²) in [6.07, 6.45) is 2.24. The van der Waals surface area contributed by atoms with E-state index >= 15 is 0 Å². The Morgan fingerprint density at radius 1 is 1.05 bits per heavy atom. The van der Waals surface area contributed by atoms with E-state index in [0.29, 0.717) is 6.04 Å². The van der Waals surface area contributed by atoms with Crippen molar-refractivity contribution in [3.05, 3.63) is 47.3 Å². The number of carbonyl (C=O) groups excluding carboxylic acids is 1. The predicted octanol–water partition coefficient (Wildman–Crippen LogP) is 3.34. The maximum absolute atomic E-state index is 13.0. The number of nitrogens with zero attached hydrogens (tertiary/aromatic N) is 2. The molecule has 2 aromatic rings. The predicted molar refractivity (Wildman–Crippen MR) is 90.3 cm³/mol. The summed E-state index contributed by atoms with van der Waals surface area (Å²) in [5.74, 6) is 0.201. The Balaban J connectivity index is 1.61. The SMILES string of the molecule is O=C(c1cccc(-c2cccs2)c1)N1CCN2CCC1CC2. The summed E-state index contributed by atoms with van der Waals surface area (Å²) < 4.78 is 0. The van der Waals surface area contributed by atoms with Crippen LogP contribution in [0.4, 0.5) is 0 Å². The van der Waals surface area contributed by atoms with E-state index in [1.807, 2.05) is 18.2 Å². The maximum atomic E-state index is 13.0. The van der Waals surface area contributed by atoms with Crippen molar-refractivity contribution in [3.63, 3.8) is 0 Å². The van der Waals surface area contributed by atoms with Crippen molar-refractivity contribution in [2.24, 2.45) is 0 Å².